The van der Waals surface area contributed by atoms with Crippen molar-refractivity contribution in [3.05, 3.63) is 78.5 Å². The van der Waals surface area contributed by atoms with Crippen LogP contribution in [-0.4, -0.2) is 36.0 Å². The van der Waals surface area contributed by atoms with Crippen molar-refractivity contribution in [3.8, 4) is 33.9 Å². The molecule has 194 valence electrons. The standard InChI is InChI=1S/C30H26FN7O/c1-3-4-5-27(39)34-21-13-19(15-32-16-21)23-6-7-25-29(36-23)30(38-37-25)26-14-22-24(35-26)8-9-33-28(22)18-10-17(2)11-20(31)12-18/h6-16,35H,3-5H2,1-2H3,(H,34,39)(H,37,38). The van der Waals surface area contributed by atoms with Crippen molar-refractivity contribution in [1.82, 2.24) is 30.1 Å². The van der Waals surface area contributed by atoms with Crippen molar-refractivity contribution in [2.45, 2.75) is 33.1 Å². The van der Waals surface area contributed by atoms with E-state index in [0.717, 1.165) is 46.1 Å². The quantitative estimate of drug-likeness (QED) is 0.215. The molecule has 0 aliphatic rings. The number of nitrogens with zero attached hydrogens (tertiary/aromatic N) is 4. The Morgan fingerprint density at radius 2 is 1.90 bits per heavy atom. The van der Waals surface area contributed by atoms with E-state index in [0.29, 0.717) is 40.3 Å². The topological polar surface area (TPSA) is 112 Å². The Labute approximate surface area is 223 Å². The molecule has 9 heteroatoms. The lowest BCUT2D eigenvalue weighted by molar-refractivity contribution is -0.116. The summed E-state index contributed by atoms with van der Waals surface area (Å²) in [6, 6.07) is 14.4. The maximum atomic E-state index is 14.1. The molecule has 1 aromatic carbocycles. The minimum atomic E-state index is -0.298. The first-order chi connectivity index (χ1) is 19.0. The zero-order valence-electron chi connectivity index (χ0n) is 21.5. The van der Waals surface area contributed by atoms with Crippen LogP contribution < -0.4 is 5.32 Å². The van der Waals surface area contributed by atoms with Crippen LogP contribution in [0.25, 0.3) is 55.8 Å². The molecule has 0 saturated carbocycles. The van der Waals surface area contributed by atoms with Gasteiger partial charge in [0.25, 0.3) is 0 Å². The number of nitrogens with one attached hydrogen (secondary N) is 3. The molecule has 3 N–H and O–H groups in total. The number of carbonyl (C=O) groups excluding carboxylic acids is 1. The average molecular weight is 520 g/mol. The number of halogens is 1. The van der Waals surface area contributed by atoms with Crippen molar-refractivity contribution in [1.29, 1.82) is 0 Å². The molecule has 5 heterocycles. The summed E-state index contributed by atoms with van der Waals surface area (Å²) in [6.45, 7) is 3.91. The summed E-state index contributed by atoms with van der Waals surface area (Å²) in [7, 11) is 0. The number of benzene rings is 1. The molecule has 39 heavy (non-hydrogen) atoms. The first-order valence-corrected chi connectivity index (χ1v) is 12.8. The molecular weight excluding hydrogens is 493 g/mol. The van der Waals surface area contributed by atoms with Gasteiger partial charge in [-0.05, 0) is 67.4 Å². The van der Waals surface area contributed by atoms with Crippen molar-refractivity contribution in [2.75, 3.05) is 5.32 Å². The van der Waals surface area contributed by atoms with Gasteiger partial charge in [-0.3, -0.25) is 19.9 Å². The third kappa shape index (κ3) is 4.86. The number of hydrogen-bond acceptors (Lipinski definition) is 5. The van der Waals surface area contributed by atoms with E-state index in [1.54, 1.807) is 18.6 Å². The van der Waals surface area contributed by atoms with Gasteiger partial charge >= 0.3 is 0 Å². The number of aromatic nitrogens is 6. The molecule has 0 aliphatic heterocycles. The maximum Gasteiger partial charge on any atom is 0.224 e. The Bertz CT molecular complexity index is 1820. The Hall–Kier alpha value is -4.92. The van der Waals surface area contributed by atoms with E-state index in [-0.39, 0.29) is 11.7 Å². The summed E-state index contributed by atoms with van der Waals surface area (Å²) < 4.78 is 14.1. The van der Waals surface area contributed by atoms with Crippen LogP contribution in [0.2, 0.25) is 0 Å². The summed E-state index contributed by atoms with van der Waals surface area (Å²) in [5.41, 5.74) is 8.09. The van der Waals surface area contributed by atoms with E-state index in [2.05, 4.69) is 37.4 Å². The number of hydrogen-bond donors (Lipinski definition) is 3. The van der Waals surface area contributed by atoms with Crippen molar-refractivity contribution in [2.24, 2.45) is 0 Å². The fourth-order valence-electron chi connectivity index (χ4n) is 4.74. The van der Waals surface area contributed by atoms with Crippen LogP contribution in [0.3, 0.4) is 0 Å². The minimum Gasteiger partial charge on any atom is -0.353 e. The van der Waals surface area contributed by atoms with E-state index < -0.39 is 0 Å². The van der Waals surface area contributed by atoms with Crippen LogP contribution in [0.5, 0.6) is 0 Å². The molecule has 0 bridgehead atoms. The average Bonchev–Trinajstić information content (AvgIpc) is 3.55. The first-order valence-electron chi connectivity index (χ1n) is 12.8. The molecular formula is C30H26FN7O. The SMILES string of the molecule is CCCCC(=O)Nc1cncc(-c2ccc3[nH]nc(-c4cc5c(-c6cc(C)cc(F)c6)nccc5[nH]4)c3n2)c1. The third-order valence-corrected chi connectivity index (χ3v) is 6.60. The fraction of sp³-hybridized carbons (Fsp3) is 0.167. The predicted octanol–water partition coefficient (Wildman–Crippen LogP) is 6.81. The molecule has 0 fully saturated rings. The molecule has 0 radical (unpaired) electrons. The van der Waals surface area contributed by atoms with Crippen LogP contribution in [0.1, 0.15) is 31.7 Å². The van der Waals surface area contributed by atoms with E-state index in [1.807, 2.05) is 43.3 Å². The lowest BCUT2D eigenvalue weighted by Gasteiger charge is -2.07. The maximum absolute atomic E-state index is 14.1. The van der Waals surface area contributed by atoms with Crippen LogP contribution in [-0.2, 0) is 4.79 Å². The Morgan fingerprint density at radius 1 is 1.00 bits per heavy atom. The molecule has 0 unspecified atom stereocenters. The van der Waals surface area contributed by atoms with E-state index in [9.17, 15) is 9.18 Å². The summed E-state index contributed by atoms with van der Waals surface area (Å²) in [6.07, 6.45) is 7.33. The zero-order chi connectivity index (χ0) is 26.9. The van der Waals surface area contributed by atoms with Crippen LogP contribution in [0.4, 0.5) is 10.1 Å². The highest BCUT2D eigenvalue weighted by atomic mass is 19.1. The second-order valence-electron chi connectivity index (χ2n) is 9.60. The van der Waals surface area contributed by atoms with Gasteiger partial charge in [-0.15, -0.1) is 0 Å². The summed E-state index contributed by atoms with van der Waals surface area (Å²) in [4.78, 5) is 29.4. The van der Waals surface area contributed by atoms with Gasteiger partial charge in [-0.25, -0.2) is 9.37 Å². The zero-order valence-corrected chi connectivity index (χ0v) is 21.5. The minimum absolute atomic E-state index is 0.0302. The van der Waals surface area contributed by atoms with Gasteiger partial charge < -0.3 is 10.3 Å². The van der Waals surface area contributed by atoms with Gasteiger partial charge in [-0.2, -0.15) is 5.10 Å². The molecule has 0 atom stereocenters. The number of H-pyrrole nitrogens is 2. The lowest BCUT2D eigenvalue weighted by Crippen LogP contribution is -2.11. The van der Waals surface area contributed by atoms with Gasteiger partial charge in [0.2, 0.25) is 5.91 Å². The van der Waals surface area contributed by atoms with Crippen LogP contribution >= 0.6 is 0 Å². The number of rotatable bonds is 7. The normalized spacial score (nSPS) is 11.4. The van der Waals surface area contributed by atoms with E-state index in [1.165, 1.54) is 12.1 Å². The first kappa shape index (κ1) is 24.4. The number of carbonyl (C=O) groups is 1. The number of fused-ring (bicyclic) bond motifs is 2. The van der Waals surface area contributed by atoms with Crippen molar-refractivity contribution >= 4 is 33.5 Å². The molecule has 8 nitrogen and oxygen atoms in total. The monoisotopic (exact) mass is 519 g/mol. The van der Waals surface area contributed by atoms with Gasteiger partial charge in [-0.1, -0.05) is 13.3 Å². The molecule has 6 rings (SSSR count). The number of aryl methyl sites for hydroxylation is 1. The summed E-state index contributed by atoms with van der Waals surface area (Å²) in [5, 5.41) is 11.4. The third-order valence-electron chi connectivity index (χ3n) is 6.60. The molecule has 0 saturated heterocycles. The number of aromatic amines is 2. The lowest BCUT2D eigenvalue weighted by atomic mass is 10.0. The van der Waals surface area contributed by atoms with E-state index in [4.69, 9.17) is 4.98 Å². The van der Waals surface area contributed by atoms with Gasteiger partial charge in [0.1, 0.15) is 17.0 Å². The summed E-state index contributed by atoms with van der Waals surface area (Å²) >= 11 is 0. The molecule has 0 spiro atoms. The molecule has 0 aliphatic carbocycles. The fourth-order valence-corrected chi connectivity index (χ4v) is 4.74. The number of pyridine rings is 3. The van der Waals surface area contributed by atoms with Crippen molar-refractivity contribution in [3.63, 3.8) is 0 Å². The molecule has 1 amide bonds. The van der Waals surface area contributed by atoms with Crippen molar-refractivity contribution < 1.29 is 9.18 Å². The van der Waals surface area contributed by atoms with Gasteiger partial charge in [0.05, 0.1) is 34.5 Å². The highest BCUT2D eigenvalue weighted by Crippen LogP contribution is 2.33. The smallest absolute Gasteiger partial charge is 0.224 e. The number of amides is 1. The Morgan fingerprint density at radius 3 is 2.74 bits per heavy atom. The van der Waals surface area contributed by atoms with Gasteiger partial charge in [0, 0.05) is 40.8 Å². The van der Waals surface area contributed by atoms with E-state index >= 15 is 0 Å². The largest absolute Gasteiger partial charge is 0.353 e. The van der Waals surface area contributed by atoms with Crippen LogP contribution in [0, 0.1) is 12.7 Å². The Kier molecular flexibility index (Phi) is 6.32. The molecule has 6 aromatic rings. The highest BCUT2D eigenvalue weighted by Gasteiger charge is 2.17. The second kappa shape index (κ2) is 10.1. The number of unbranched alkanes of at least 4 members (excludes halogenated alkanes) is 1. The Balaban J connectivity index is 1.38. The number of anilines is 1. The summed E-state index contributed by atoms with van der Waals surface area (Å²) in [5.74, 6) is -0.328. The van der Waals surface area contributed by atoms with Gasteiger partial charge in [0.15, 0.2) is 0 Å². The predicted molar refractivity (Wildman–Crippen MR) is 150 cm³/mol. The van der Waals surface area contributed by atoms with Crippen LogP contribution in [0.15, 0.2) is 67.1 Å². The highest BCUT2D eigenvalue weighted by molar-refractivity contribution is 5.99. The second-order valence-corrected chi connectivity index (χ2v) is 9.60. The molecule has 5 aromatic heterocycles.